The fraction of sp³-hybridized carbons (Fsp3) is 0.602. The van der Waals surface area contributed by atoms with Crippen molar-refractivity contribution in [3.8, 4) is 0 Å². The number of rotatable bonds is 21. The van der Waals surface area contributed by atoms with Crippen LogP contribution in [0.4, 0.5) is 53.0 Å². The average molecular weight is 1690 g/mol. The smallest absolute Gasteiger partial charge is 0.224 e. The largest absolute Gasteiger partial charge is 0.393 e. The summed E-state index contributed by atoms with van der Waals surface area (Å²) in [6, 6.07) is 23.5. The van der Waals surface area contributed by atoms with Crippen LogP contribution in [0.2, 0.25) is 0 Å². The maximum atomic E-state index is 12.0. The first-order valence-electron chi connectivity index (χ1n) is 46.7. The predicted octanol–water partition coefficient (Wildman–Crippen LogP) is 14.0. The van der Waals surface area contributed by atoms with Crippen LogP contribution in [0, 0.1) is 11.8 Å². The number of anilines is 9. The fourth-order valence-corrected chi connectivity index (χ4v) is 18.1. The van der Waals surface area contributed by atoms with Gasteiger partial charge < -0.3 is 73.0 Å². The Kier molecular flexibility index (Phi) is 30.9. The zero-order chi connectivity index (χ0) is 85.7. The summed E-state index contributed by atoms with van der Waals surface area (Å²) >= 11 is 0. The predicted molar refractivity (Wildman–Crippen MR) is 496 cm³/mol. The van der Waals surface area contributed by atoms with Gasteiger partial charge in [-0.05, 0) is 258 Å². The number of fused-ring (bicyclic) bond motifs is 5. The van der Waals surface area contributed by atoms with E-state index in [1.165, 1.54) is 51.4 Å². The minimum atomic E-state index is -0.143. The van der Waals surface area contributed by atoms with Gasteiger partial charge in [0.15, 0.2) is 28.2 Å². The van der Waals surface area contributed by atoms with Gasteiger partial charge >= 0.3 is 0 Å². The molecule has 9 aliphatic rings. The molecule has 31 heteroatoms. The number of aliphatic hydroxyl groups excluding tert-OH is 1. The third-order valence-electron chi connectivity index (χ3n) is 25.3. The first kappa shape index (κ1) is 88.3. The Morgan fingerprint density at radius 1 is 0.347 bits per heavy atom. The monoisotopic (exact) mass is 1690 g/mol. The van der Waals surface area contributed by atoms with E-state index in [4.69, 9.17) is 25.7 Å². The normalized spacial score (nSPS) is 22.4. The summed E-state index contributed by atoms with van der Waals surface area (Å²) in [5, 5.41) is 41.4. The van der Waals surface area contributed by atoms with Gasteiger partial charge in [0.2, 0.25) is 41.6 Å². The third kappa shape index (κ3) is 25.4. The molecule has 0 bridgehead atoms. The number of carbonyl (C=O) groups is 2. The topological polar surface area (TPSA) is 383 Å². The van der Waals surface area contributed by atoms with Crippen LogP contribution in [0.3, 0.4) is 0 Å². The van der Waals surface area contributed by atoms with E-state index in [2.05, 4.69) is 207 Å². The molecule has 0 spiro atoms. The van der Waals surface area contributed by atoms with Crippen molar-refractivity contribution in [2.24, 2.45) is 17.6 Å². The first-order chi connectivity index (χ1) is 60.4. The van der Waals surface area contributed by atoms with Crippen LogP contribution >= 0.6 is 0 Å². The summed E-state index contributed by atoms with van der Waals surface area (Å²) in [5.74, 6) is 8.94. The minimum absolute atomic E-state index is 0.143. The summed E-state index contributed by atoms with van der Waals surface area (Å²) in [4.78, 5) is 102. The van der Waals surface area contributed by atoms with Crippen LogP contribution < -0.4 is 67.9 Å². The van der Waals surface area contributed by atoms with E-state index < -0.39 is 0 Å². The second-order valence-corrected chi connectivity index (χ2v) is 36.7. The van der Waals surface area contributed by atoms with Crippen LogP contribution in [0.5, 0.6) is 0 Å². The summed E-state index contributed by atoms with van der Waals surface area (Å²) in [5.41, 5.74) is 10.8. The Morgan fingerprint density at radius 3 is 0.895 bits per heavy atom. The quantitative estimate of drug-likeness (QED) is 0.0319. The summed E-state index contributed by atoms with van der Waals surface area (Å²) in [6.07, 6.45) is 38.4. The molecule has 9 fully saturated rings. The Morgan fingerprint density at radius 2 is 0.605 bits per heavy atom. The standard InChI is InChI=1S/C22H32N6O.C21H31N5O.C17H24N6.C17H23N5O.C16H22N6/c1-15(2)13-20(29)24-17-6-8-18(9-7-17)25-22-23-14-16-5-10-19(26-21(16)27-22)28-11-3-4-12-28;1-13(2)11-19(27)23-16-6-8-17(9-7-16)24-21-22-12-15-5-10-18(14(3)4)25-20(15)26-21;18-13-4-6-14(7-5-13)20-17-19-11-12-3-8-15(21-16(12)22-17)23-9-1-2-10-23;23-14-6-4-13(5-7-14)19-17-18-11-12-3-8-15(20-16(12)21-17)22-9-1-2-10-22;1-2-10-22(9-1)14-4-3-12-11-18-16(21-15(12)20-14)19-13-5-7-17-8-6-13/h5,10,14-15,17-18H,3-4,6-9,11-13H2,1-2H3,(H,24,29)(H,23,25,26,27);5,10,12-14,16-17H,6-9,11H2,1-4H3,(H,23,27)(H,22,24,25,26);3,8,11,13-14H,1-2,4-7,9-10,18H2,(H,19,20,21,22);3,8,11,13-14,23H,1-2,4-7,9-10H2,(H,18,19,20,21);3-4,11,13,17H,1-2,5-10H2,(H,18,19,20,21). The number of nitrogens with one attached hydrogen (secondary N) is 8. The Labute approximate surface area is 729 Å². The van der Waals surface area contributed by atoms with Gasteiger partial charge in [-0.25, -0.2) is 49.8 Å². The van der Waals surface area contributed by atoms with Gasteiger partial charge in [0.25, 0.3) is 0 Å². The SMILES string of the molecule is CC(C)CC(=O)NC1CCC(Nc2ncc3ccc(C(C)C)nc3n2)CC1.CC(C)CC(=O)NC1CCC(Nc2ncc3ccc(N4CCCC4)nc3n2)CC1.NC1CCC(Nc2ncc3ccc(N4CCCC4)nc3n2)CC1.OC1CCC(Nc2ncc3ccc(N4CCCC4)nc3n2)CC1.c1cc2cnc(NC3CCNCC3)nc2nc1N1CCCC1. The second-order valence-electron chi connectivity index (χ2n) is 36.7. The highest BCUT2D eigenvalue weighted by Crippen LogP contribution is 2.31. The van der Waals surface area contributed by atoms with Crippen LogP contribution in [-0.4, -0.2) is 212 Å². The molecular weight excluding hydrogens is 1560 g/mol. The lowest BCUT2D eigenvalue weighted by Crippen LogP contribution is -2.40. The Balaban J connectivity index is 0.000000120. The van der Waals surface area contributed by atoms with Gasteiger partial charge in [-0.1, -0.05) is 41.5 Å². The van der Waals surface area contributed by atoms with Gasteiger partial charge in [0, 0.05) is 177 Å². The van der Waals surface area contributed by atoms with Gasteiger partial charge in [-0.2, -0.15) is 24.9 Å². The molecule has 662 valence electrons. The highest BCUT2D eigenvalue weighted by Gasteiger charge is 2.29. The fourth-order valence-electron chi connectivity index (χ4n) is 18.1. The van der Waals surface area contributed by atoms with Crippen LogP contribution in [-0.2, 0) is 9.59 Å². The van der Waals surface area contributed by atoms with Crippen LogP contribution in [0.1, 0.15) is 233 Å². The molecule has 4 saturated carbocycles. The lowest BCUT2D eigenvalue weighted by molar-refractivity contribution is -0.123. The van der Waals surface area contributed by atoms with E-state index in [0.717, 1.165) is 265 Å². The van der Waals surface area contributed by atoms with Gasteiger partial charge in [-0.3, -0.25) is 9.59 Å². The van der Waals surface area contributed by atoms with Crippen molar-refractivity contribution in [3.05, 3.63) is 97.3 Å². The van der Waals surface area contributed by atoms with Crippen molar-refractivity contribution in [3.63, 3.8) is 0 Å². The highest BCUT2D eigenvalue weighted by molar-refractivity contribution is 5.81. The van der Waals surface area contributed by atoms with E-state index in [-0.39, 0.29) is 17.9 Å². The minimum Gasteiger partial charge on any atom is -0.393 e. The van der Waals surface area contributed by atoms with Crippen molar-refractivity contribution in [1.29, 1.82) is 0 Å². The van der Waals surface area contributed by atoms with Gasteiger partial charge in [0.1, 0.15) is 23.3 Å². The molecule has 124 heavy (non-hydrogen) atoms. The van der Waals surface area contributed by atoms with Gasteiger partial charge in [0.05, 0.1) is 6.10 Å². The van der Waals surface area contributed by atoms with E-state index in [1.807, 2.05) is 43.1 Å². The Bertz CT molecular complexity index is 4960. The lowest BCUT2D eigenvalue weighted by Gasteiger charge is -2.29. The van der Waals surface area contributed by atoms with Crippen molar-refractivity contribution in [2.75, 3.05) is 112 Å². The number of hydrogen-bond acceptors (Lipinski definition) is 29. The molecule has 15 heterocycles. The van der Waals surface area contributed by atoms with Crippen molar-refractivity contribution >= 4 is 120 Å². The number of pyridine rings is 5. The molecule has 0 atom stereocenters. The van der Waals surface area contributed by atoms with Crippen molar-refractivity contribution in [1.82, 2.24) is 90.7 Å². The maximum Gasteiger partial charge on any atom is 0.224 e. The molecule has 5 saturated heterocycles. The second kappa shape index (κ2) is 43.4. The molecule has 2 amide bonds. The molecule has 11 N–H and O–H groups in total. The Hall–Kier alpha value is -10.5. The molecule has 0 aromatic carbocycles. The molecular formula is C93H132N28O3. The molecule has 10 aromatic heterocycles. The molecule has 31 nitrogen and oxygen atoms in total. The molecule has 0 unspecified atom stereocenters. The first-order valence-corrected chi connectivity index (χ1v) is 46.7. The molecule has 19 rings (SSSR count). The van der Waals surface area contributed by atoms with Crippen LogP contribution in [0.15, 0.2) is 91.6 Å². The number of nitrogens with zero attached hydrogens (tertiary/aromatic N) is 19. The van der Waals surface area contributed by atoms with Crippen molar-refractivity contribution in [2.45, 2.75) is 282 Å². The zero-order valence-electron chi connectivity index (χ0n) is 73.8. The van der Waals surface area contributed by atoms with Gasteiger partial charge in [-0.15, -0.1) is 0 Å². The van der Waals surface area contributed by atoms with E-state index in [9.17, 15) is 14.7 Å². The number of amides is 2. The van der Waals surface area contributed by atoms with E-state index >= 15 is 0 Å². The highest BCUT2D eigenvalue weighted by atomic mass is 16.3. The summed E-state index contributed by atoms with van der Waals surface area (Å²) < 4.78 is 0. The van der Waals surface area contributed by atoms with E-state index in [1.54, 1.807) is 0 Å². The third-order valence-corrected chi connectivity index (χ3v) is 25.3. The molecule has 0 radical (unpaired) electrons. The number of nitrogens with two attached hydrogens (primary N) is 1. The summed E-state index contributed by atoms with van der Waals surface area (Å²) in [7, 11) is 0. The molecule has 5 aliphatic heterocycles. The number of aromatic nitrogens is 15. The van der Waals surface area contributed by atoms with Crippen molar-refractivity contribution < 1.29 is 14.7 Å². The molecule has 4 aliphatic carbocycles. The lowest BCUT2D eigenvalue weighted by atomic mass is 9.91. The number of carbonyl (C=O) groups excluding carboxylic acids is 2. The molecule has 10 aromatic rings. The zero-order valence-corrected chi connectivity index (χ0v) is 73.8. The average Bonchev–Trinajstić information content (AvgIpc) is 1.24. The summed E-state index contributed by atoms with van der Waals surface area (Å²) in [6.45, 7) is 23.4. The number of aliphatic hydroxyl groups is 1. The number of hydrogen-bond donors (Lipinski definition) is 10. The number of piperidine rings is 1. The van der Waals surface area contributed by atoms with E-state index in [0.29, 0.717) is 109 Å². The van der Waals surface area contributed by atoms with Crippen LogP contribution in [0.25, 0.3) is 55.2 Å². The maximum absolute atomic E-state index is 12.0.